The van der Waals surface area contributed by atoms with Crippen LogP contribution in [0.5, 0.6) is 0 Å². The third-order valence-electron chi connectivity index (χ3n) is 11.1. The van der Waals surface area contributed by atoms with Gasteiger partial charge in [0.1, 0.15) is 24.1 Å². The monoisotopic (exact) mass is 790 g/mol. The fourth-order valence-corrected chi connectivity index (χ4v) is 7.44. The highest BCUT2D eigenvalue weighted by Gasteiger charge is 2.58. The average Bonchev–Trinajstić information content (AvgIpc) is 3.08. The summed E-state index contributed by atoms with van der Waals surface area (Å²) in [7, 11) is 2.57. The van der Waals surface area contributed by atoms with Gasteiger partial charge in [-0.15, -0.1) is 0 Å². The molecule has 0 radical (unpaired) electrons. The standard InChI is InChI=1S/C42H62O14/c1-24(43)32-21-29-14-26(18-36(46)51-10)16-33(53-29)40(5,6)12-11-28-13-25(17-35(45)50-9)15-31(52-28)23-42(49)41(7,8)34(55-38(48)39(2,3)4)22-30(56-42)19-27(44)20-37(47)54-32/h11-12,16-18,24,27-32,34,43-44,49H,13-15,19-23H2,1-10H3/b12-11+,25-17+,26-18+/t24-,27-,28?,29?,30?,31?,32?,34?,42?/m1/s1. The molecule has 3 N–H and O–H groups in total. The molecule has 14 nitrogen and oxygen atoms in total. The lowest BCUT2D eigenvalue weighted by molar-refractivity contribution is -0.349. The summed E-state index contributed by atoms with van der Waals surface area (Å²) in [4.78, 5) is 51.3. The highest BCUT2D eigenvalue weighted by molar-refractivity contribution is 5.83. The van der Waals surface area contributed by atoms with E-state index >= 15 is 0 Å². The van der Waals surface area contributed by atoms with Crippen LogP contribution in [0.25, 0.3) is 0 Å². The number of cyclic esters (lactones) is 1. The maximum absolute atomic E-state index is 13.3. The van der Waals surface area contributed by atoms with Crippen LogP contribution in [0.1, 0.15) is 107 Å². The molecule has 4 aliphatic rings. The van der Waals surface area contributed by atoms with Crippen molar-refractivity contribution in [2.24, 2.45) is 16.2 Å². The van der Waals surface area contributed by atoms with Gasteiger partial charge in [0, 0.05) is 49.7 Å². The van der Waals surface area contributed by atoms with Crippen LogP contribution >= 0.6 is 0 Å². The van der Waals surface area contributed by atoms with E-state index in [1.807, 2.05) is 26.0 Å². The molecule has 0 aromatic heterocycles. The normalized spacial score (nSPS) is 35.1. The summed E-state index contributed by atoms with van der Waals surface area (Å²) >= 11 is 0. The number of rotatable bonds is 4. The maximum atomic E-state index is 13.3. The molecule has 314 valence electrons. The minimum absolute atomic E-state index is 0.0684. The van der Waals surface area contributed by atoms with Crippen LogP contribution in [0.3, 0.4) is 0 Å². The first kappa shape index (κ1) is 45.1. The third-order valence-corrected chi connectivity index (χ3v) is 11.1. The second-order valence-electron chi connectivity index (χ2n) is 17.7. The van der Waals surface area contributed by atoms with Gasteiger partial charge >= 0.3 is 23.9 Å². The first-order valence-corrected chi connectivity index (χ1v) is 19.4. The van der Waals surface area contributed by atoms with Gasteiger partial charge < -0.3 is 48.5 Å². The van der Waals surface area contributed by atoms with Gasteiger partial charge in [0.25, 0.3) is 0 Å². The van der Waals surface area contributed by atoms with Crippen molar-refractivity contribution in [3.63, 3.8) is 0 Å². The van der Waals surface area contributed by atoms with Crippen LogP contribution in [0.15, 0.2) is 47.3 Å². The maximum Gasteiger partial charge on any atom is 0.330 e. The van der Waals surface area contributed by atoms with Gasteiger partial charge in [0.2, 0.25) is 0 Å². The van der Waals surface area contributed by atoms with Crippen molar-refractivity contribution in [1.82, 2.24) is 0 Å². The summed E-state index contributed by atoms with van der Waals surface area (Å²) in [5, 5.41) is 34.5. The number of fused-ring (bicyclic) bond motifs is 6. The van der Waals surface area contributed by atoms with E-state index in [4.69, 9.17) is 33.2 Å². The van der Waals surface area contributed by atoms with E-state index in [-0.39, 0.29) is 38.5 Å². The van der Waals surface area contributed by atoms with Crippen LogP contribution in [-0.2, 0) is 52.3 Å². The molecule has 0 amide bonds. The predicted octanol–water partition coefficient (Wildman–Crippen LogP) is 4.68. The zero-order chi connectivity index (χ0) is 41.8. The predicted molar refractivity (Wildman–Crippen MR) is 202 cm³/mol. The number of allylic oxidation sites excluding steroid dienone is 2. The summed E-state index contributed by atoms with van der Waals surface area (Å²) in [6.07, 6.45) is 1.70. The van der Waals surface area contributed by atoms with E-state index in [0.717, 1.165) is 5.57 Å². The number of aliphatic hydroxyl groups is 3. The number of carbonyl (C=O) groups is 4. The quantitative estimate of drug-likeness (QED) is 0.154. The van der Waals surface area contributed by atoms with Gasteiger partial charge in [-0.3, -0.25) is 9.59 Å². The zero-order valence-corrected chi connectivity index (χ0v) is 34.5. The molecule has 4 heterocycles. The Hall–Kier alpha value is -3.56. The molecular formula is C42H62O14. The van der Waals surface area contributed by atoms with Gasteiger partial charge in [0.05, 0.1) is 62.0 Å². The summed E-state index contributed by atoms with van der Waals surface area (Å²) in [5.74, 6) is -3.82. The molecular weight excluding hydrogens is 728 g/mol. The van der Waals surface area contributed by atoms with Crippen molar-refractivity contribution < 1.29 is 67.7 Å². The molecule has 0 spiro atoms. The first-order chi connectivity index (χ1) is 25.9. The third kappa shape index (κ3) is 11.5. The minimum Gasteiger partial charge on any atom is -0.493 e. The Morgan fingerprint density at radius 1 is 0.911 bits per heavy atom. The van der Waals surface area contributed by atoms with E-state index < -0.39 is 101 Å². The van der Waals surface area contributed by atoms with Crippen molar-refractivity contribution in [2.75, 3.05) is 14.2 Å². The molecule has 0 aliphatic carbocycles. The largest absolute Gasteiger partial charge is 0.493 e. The Morgan fingerprint density at radius 3 is 2.20 bits per heavy atom. The molecule has 6 bridgehead atoms. The molecule has 0 aromatic rings. The van der Waals surface area contributed by atoms with Crippen LogP contribution in [0.4, 0.5) is 0 Å². The Labute approximate surface area is 330 Å². The molecule has 4 aliphatic heterocycles. The second kappa shape index (κ2) is 17.9. The van der Waals surface area contributed by atoms with Gasteiger partial charge in [-0.2, -0.15) is 0 Å². The Balaban J connectivity index is 1.81. The van der Waals surface area contributed by atoms with Crippen molar-refractivity contribution in [2.45, 2.75) is 161 Å². The second-order valence-corrected chi connectivity index (χ2v) is 17.7. The number of hydrogen-bond acceptors (Lipinski definition) is 14. The van der Waals surface area contributed by atoms with Crippen molar-refractivity contribution >= 4 is 23.9 Å². The molecule has 9 atom stereocenters. The van der Waals surface area contributed by atoms with Crippen LogP contribution in [0.2, 0.25) is 0 Å². The van der Waals surface area contributed by atoms with Gasteiger partial charge in [0.15, 0.2) is 5.79 Å². The Bertz CT molecular complexity index is 1580. The van der Waals surface area contributed by atoms with Crippen molar-refractivity contribution in [3.05, 3.63) is 47.3 Å². The fourth-order valence-electron chi connectivity index (χ4n) is 7.44. The van der Waals surface area contributed by atoms with Crippen molar-refractivity contribution in [3.8, 4) is 0 Å². The van der Waals surface area contributed by atoms with Crippen LogP contribution in [-0.4, -0.2) is 108 Å². The molecule has 4 rings (SSSR count). The molecule has 0 saturated carbocycles. The lowest BCUT2D eigenvalue weighted by Crippen LogP contribution is -2.62. The highest BCUT2D eigenvalue weighted by atomic mass is 16.6. The number of hydrogen-bond donors (Lipinski definition) is 3. The lowest BCUT2D eigenvalue weighted by Gasteiger charge is -2.54. The lowest BCUT2D eigenvalue weighted by atomic mass is 9.70. The topological polar surface area (TPSA) is 194 Å². The Morgan fingerprint density at radius 2 is 1.57 bits per heavy atom. The zero-order valence-electron chi connectivity index (χ0n) is 34.5. The summed E-state index contributed by atoms with van der Waals surface area (Å²) < 4.78 is 41.1. The number of ether oxygens (including phenoxy) is 7. The number of carbonyl (C=O) groups excluding carboxylic acids is 4. The first-order valence-electron chi connectivity index (χ1n) is 19.4. The fraction of sp³-hybridized carbons (Fsp3) is 0.714. The summed E-state index contributed by atoms with van der Waals surface area (Å²) in [5.41, 5.74) is -1.49. The number of aliphatic hydroxyl groups excluding tert-OH is 2. The SMILES string of the molecule is COC(=O)/C=C1\CC2/C=C/C(C)(C)C3=C/C(=C/C(=O)OC)CC(CC([C@@H](C)O)OC(=O)C[C@H](O)CC4CC(OC(=O)C(C)(C)C)C(C)(C)C(O)(CC(C1)O2)O4)O3. The Kier molecular flexibility index (Phi) is 14.5. The van der Waals surface area contributed by atoms with E-state index in [1.165, 1.54) is 33.3 Å². The van der Waals surface area contributed by atoms with E-state index in [2.05, 4.69) is 0 Å². The highest BCUT2D eigenvalue weighted by Crippen LogP contribution is 2.49. The number of esters is 4. The van der Waals surface area contributed by atoms with Gasteiger partial charge in [-0.05, 0) is 66.0 Å². The van der Waals surface area contributed by atoms with E-state index in [1.54, 1.807) is 40.7 Å². The van der Waals surface area contributed by atoms with E-state index in [9.17, 15) is 34.5 Å². The molecule has 0 aromatic carbocycles. The van der Waals surface area contributed by atoms with Crippen LogP contribution in [0, 0.1) is 16.2 Å². The molecule has 2 fully saturated rings. The molecule has 14 heteroatoms. The van der Waals surface area contributed by atoms with E-state index in [0.29, 0.717) is 17.8 Å². The minimum atomic E-state index is -1.97. The van der Waals surface area contributed by atoms with Crippen LogP contribution < -0.4 is 0 Å². The summed E-state index contributed by atoms with van der Waals surface area (Å²) in [6.45, 7) is 14.0. The van der Waals surface area contributed by atoms with Crippen molar-refractivity contribution in [1.29, 1.82) is 0 Å². The summed E-state index contributed by atoms with van der Waals surface area (Å²) in [6, 6.07) is 0. The molecule has 7 unspecified atom stereocenters. The smallest absolute Gasteiger partial charge is 0.330 e. The van der Waals surface area contributed by atoms with Gasteiger partial charge in [-0.25, -0.2) is 9.59 Å². The average molecular weight is 791 g/mol. The molecule has 56 heavy (non-hydrogen) atoms. The number of methoxy groups -OCH3 is 2. The van der Waals surface area contributed by atoms with Gasteiger partial charge in [-0.1, -0.05) is 31.6 Å². The molecule has 2 saturated heterocycles.